The number of aryl methyl sites for hydroxylation is 1. The monoisotopic (exact) mass is 206 g/mol. The predicted molar refractivity (Wildman–Crippen MR) is 57.4 cm³/mol. The summed E-state index contributed by atoms with van der Waals surface area (Å²) >= 11 is 0. The van der Waals surface area contributed by atoms with E-state index in [-0.39, 0.29) is 17.5 Å². The molecule has 1 fully saturated rings. The number of carbonyl (C=O) groups excluding carboxylic acids is 1. The second kappa shape index (κ2) is 3.76. The van der Waals surface area contributed by atoms with Gasteiger partial charge >= 0.3 is 0 Å². The third-order valence-corrected chi connectivity index (χ3v) is 3.25. The van der Waals surface area contributed by atoms with Crippen LogP contribution in [-0.4, -0.2) is 5.78 Å². The number of hydrogen-bond donors (Lipinski definition) is 0. The summed E-state index contributed by atoms with van der Waals surface area (Å²) in [5.74, 6) is 0.479. The minimum atomic E-state index is -0.322. The second-order valence-electron chi connectivity index (χ2n) is 4.33. The molecular formula is C13H15FO. The van der Waals surface area contributed by atoms with E-state index < -0.39 is 0 Å². The molecule has 0 N–H and O–H groups in total. The summed E-state index contributed by atoms with van der Waals surface area (Å²) in [4.78, 5) is 12.0. The fourth-order valence-corrected chi connectivity index (χ4v) is 2.08. The van der Waals surface area contributed by atoms with Gasteiger partial charge in [0.1, 0.15) is 5.82 Å². The van der Waals surface area contributed by atoms with E-state index in [2.05, 4.69) is 6.92 Å². The van der Waals surface area contributed by atoms with Gasteiger partial charge in [-0.2, -0.15) is 0 Å². The molecule has 1 aliphatic carbocycles. The van der Waals surface area contributed by atoms with Crippen molar-refractivity contribution in [1.29, 1.82) is 0 Å². The Balaban J connectivity index is 2.22. The van der Waals surface area contributed by atoms with E-state index in [9.17, 15) is 9.18 Å². The number of hydrogen-bond acceptors (Lipinski definition) is 1. The first-order valence-electron chi connectivity index (χ1n) is 5.44. The minimum Gasteiger partial charge on any atom is -0.294 e. The van der Waals surface area contributed by atoms with Gasteiger partial charge in [0.15, 0.2) is 5.78 Å². The van der Waals surface area contributed by atoms with Crippen molar-refractivity contribution in [3.63, 3.8) is 0 Å². The highest BCUT2D eigenvalue weighted by Crippen LogP contribution is 2.43. The molecule has 0 aromatic heterocycles. The van der Waals surface area contributed by atoms with Gasteiger partial charge in [-0.25, -0.2) is 4.39 Å². The quantitative estimate of drug-likeness (QED) is 0.693. The molecule has 2 atom stereocenters. The van der Waals surface area contributed by atoms with Crippen molar-refractivity contribution in [2.24, 2.45) is 11.8 Å². The van der Waals surface area contributed by atoms with E-state index in [0.717, 1.165) is 18.4 Å². The highest BCUT2D eigenvalue weighted by molar-refractivity contribution is 6.00. The van der Waals surface area contributed by atoms with Gasteiger partial charge in [-0.1, -0.05) is 19.4 Å². The molecule has 2 heteroatoms. The summed E-state index contributed by atoms with van der Waals surface area (Å²) in [6.07, 6.45) is 2.02. The molecule has 0 saturated heterocycles. The molecule has 0 heterocycles. The van der Waals surface area contributed by atoms with E-state index in [1.54, 1.807) is 6.07 Å². The molecule has 0 amide bonds. The Morgan fingerprint density at radius 1 is 1.53 bits per heavy atom. The van der Waals surface area contributed by atoms with E-state index in [1.807, 2.05) is 6.92 Å². The maximum absolute atomic E-state index is 13.0. The minimum absolute atomic E-state index is 0.124. The molecule has 0 aliphatic heterocycles. The fourth-order valence-electron chi connectivity index (χ4n) is 2.08. The lowest BCUT2D eigenvalue weighted by Gasteiger charge is -2.04. The largest absolute Gasteiger partial charge is 0.294 e. The van der Waals surface area contributed by atoms with E-state index in [4.69, 9.17) is 0 Å². The van der Waals surface area contributed by atoms with Crippen molar-refractivity contribution in [1.82, 2.24) is 0 Å². The SMILES string of the molecule is CCC1CC1C(=O)c1cc(F)ccc1C. The van der Waals surface area contributed by atoms with Crippen LogP contribution < -0.4 is 0 Å². The van der Waals surface area contributed by atoms with Crippen LogP contribution in [0.15, 0.2) is 18.2 Å². The van der Waals surface area contributed by atoms with Crippen LogP contribution in [0.4, 0.5) is 4.39 Å². The van der Waals surface area contributed by atoms with Gasteiger partial charge in [-0.3, -0.25) is 4.79 Å². The highest BCUT2D eigenvalue weighted by Gasteiger charge is 2.41. The van der Waals surface area contributed by atoms with Gasteiger partial charge in [-0.15, -0.1) is 0 Å². The topological polar surface area (TPSA) is 17.1 Å². The molecule has 80 valence electrons. The number of Topliss-reactive ketones (excluding diaryl/α,β-unsaturated/α-hetero) is 1. The summed E-state index contributed by atoms with van der Waals surface area (Å²) < 4.78 is 13.0. The first kappa shape index (κ1) is 10.3. The third kappa shape index (κ3) is 1.94. The van der Waals surface area contributed by atoms with Crippen LogP contribution in [-0.2, 0) is 0 Å². The van der Waals surface area contributed by atoms with Crippen molar-refractivity contribution in [3.05, 3.63) is 35.1 Å². The maximum atomic E-state index is 13.0. The number of carbonyl (C=O) groups is 1. The lowest BCUT2D eigenvalue weighted by atomic mass is 10.0. The molecule has 1 nitrogen and oxygen atoms in total. The lowest BCUT2D eigenvalue weighted by molar-refractivity contribution is 0.0959. The molecule has 1 saturated carbocycles. The van der Waals surface area contributed by atoms with Crippen LogP contribution in [0.3, 0.4) is 0 Å². The summed E-state index contributed by atoms with van der Waals surface area (Å²) in [7, 11) is 0. The predicted octanol–water partition coefficient (Wildman–Crippen LogP) is 3.36. The van der Waals surface area contributed by atoms with Crippen LogP contribution in [0.2, 0.25) is 0 Å². The van der Waals surface area contributed by atoms with Crippen molar-refractivity contribution in [2.45, 2.75) is 26.7 Å². The second-order valence-corrected chi connectivity index (χ2v) is 4.33. The Bertz CT molecular complexity index is 398. The third-order valence-electron chi connectivity index (χ3n) is 3.25. The van der Waals surface area contributed by atoms with Crippen LogP contribution >= 0.6 is 0 Å². The van der Waals surface area contributed by atoms with E-state index in [1.165, 1.54) is 12.1 Å². The molecule has 1 aromatic rings. The Morgan fingerprint density at radius 2 is 2.27 bits per heavy atom. The summed E-state index contributed by atoms with van der Waals surface area (Å²) in [5, 5.41) is 0. The highest BCUT2D eigenvalue weighted by atomic mass is 19.1. The van der Waals surface area contributed by atoms with Gasteiger partial charge < -0.3 is 0 Å². The van der Waals surface area contributed by atoms with Gasteiger partial charge in [0.25, 0.3) is 0 Å². The molecule has 2 rings (SSSR count). The van der Waals surface area contributed by atoms with Gasteiger partial charge in [0.05, 0.1) is 0 Å². The Labute approximate surface area is 89.3 Å². The van der Waals surface area contributed by atoms with Gasteiger partial charge in [-0.05, 0) is 37.0 Å². The van der Waals surface area contributed by atoms with Crippen molar-refractivity contribution >= 4 is 5.78 Å². The van der Waals surface area contributed by atoms with Gasteiger partial charge in [0.2, 0.25) is 0 Å². The van der Waals surface area contributed by atoms with E-state index >= 15 is 0 Å². The van der Waals surface area contributed by atoms with Gasteiger partial charge in [0, 0.05) is 11.5 Å². The summed E-state index contributed by atoms with van der Waals surface area (Å²) in [6, 6.07) is 4.44. The molecule has 0 spiro atoms. The number of benzene rings is 1. The standard InChI is InChI=1S/C13H15FO/c1-3-9-6-12(9)13(15)11-7-10(14)5-4-8(11)2/h4-5,7,9,12H,3,6H2,1-2H3. The zero-order valence-corrected chi connectivity index (χ0v) is 9.09. The molecular weight excluding hydrogens is 191 g/mol. The van der Waals surface area contributed by atoms with Crippen LogP contribution in [0, 0.1) is 24.6 Å². The average molecular weight is 206 g/mol. The molecule has 0 radical (unpaired) electrons. The number of rotatable bonds is 3. The van der Waals surface area contributed by atoms with E-state index in [0.29, 0.717) is 11.5 Å². The van der Waals surface area contributed by atoms with Crippen molar-refractivity contribution in [2.75, 3.05) is 0 Å². The summed E-state index contributed by atoms with van der Waals surface area (Å²) in [6.45, 7) is 3.95. The first-order chi connectivity index (χ1) is 7.13. The fraction of sp³-hybridized carbons (Fsp3) is 0.462. The van der Waals surface area contributed by atoms with Crippen molar-refractivity contribution in [3.8, 4) is 0 Å². The van der Waals surface area contributed by atoms with Crippen LogP contribution in [0.25, 0.3) is 0 Å². The molecule has 2 unspecified atom stereocenters. The lowest BCUT2D eigenvalue weighted by Crippen LogP contribution is -2.06. The smallest absolute Gasteiger partial charge is 0.166 e. The zero-order valence-electron chi connectivity index (χ0n) is 9.09. The Morgan fingerprint density at radius 3 is 2.87 bits per heavy atom. The number of halogens is 1. The molecule has 1 aliphatic rings. The normalized spacial score (nSPS) is 23.9. The number of ketones is 1. The average Bonchev–Trinajstić information content (AvgIpc) is 3.00. The molecule has 0 bridgehead atoms. The zero-order chi connectivity index (χ0) is 11.0. The van der Waals surface area contributed by atoms with Crippen LogP contribution in [0.5, 0.6) is 0 Å². The Hall–Kier alpha value is -1.18. The summed E-state index contributed by atoms with van der Waals surface area (Å²) in [5.41, 5.74) is 1.44. The van der Waals surface area contributed by atoms with Crippen LogP contribution in [0.1, 0.15) is 35.7 Å². The van der Waals surface area contributed by atoms with Crippen molar-refractivity contribution < 1.29 is 9.18 Å². The molecule has 15 heavy (non-hydrogen) atoms. The molecule has 1 aromatic carbocycles. The Kier molecular flexibility index (Phi) is 2.59. The first-order valence-corrected chi connectivity index (χ1v) is 5.44. The maximum Gasteiger partial charge on any atom is 0.166 e.